The molecule has 0 atom stereocenters. The lowest BCUT2D eigenvalue weighted by atomic mass is 10.2. The number of non-ortho nitro benzene ring substituents is 1. The molecule has 0 aliphatic carbocycles. The predicted octanol–water partition coefficient (Wildman–Crippen LogP) is 5.45. The fourth-order valence-electron chi connectivity index (χ4n) is 3.34. The molecule has 0 aliphatic rings. The fourth-order valence-corrected chi connectivity index (χ4v) is 4.49. The Morgan fingerprint density at radius 2 is 1.94 bits per heavy atom. The number of nitro benzene ring substituents is 1. The molecular weight excluding hydrogens is 631 g/mol. The predicted molar refractivity (Wildman–Crippen MR) is 145 cm³/mol. The molecule has 0 N–H and O–H groups in total. The summed E-state index contributed by atoms with van der Waals surface area (Å²) < 4.78 is 14.3. The SMILES string of the molecule is COc1cc(C=Nn2c(C)nc3ccc(Br)cc3c2=O)cc(I)c1OCc1ccc([N+](=O)[O-])cc1. The Hall–Kier alpha value is -3.32. The molecule has 0 amide bonds. The zero-order valence-electron chi connectivity index (χ0n) is 18.6. The number of methoxy groups -OCH3 is 1. The quantitative estimate of drug-likeness (QED) is 0.114. The van der Waals surface area contributed by atoms with Gasteiger partial charge in [0, 0.05) is 16.6 Å². The molecule has 1 aromatic heterocycles. The summed E-state index contributed by atoms with van der Waals surface area (Å²) in [6.07, 6.45) is 1.56. The van der Waals surface area contributed by atoms with Crippen LogP contribution in [0.4, 0.5) is 5.69 Å². The number of hydrogen-bond donors (Lipinski definition) is 0. The highest BCUT2D eigenvalue weighted by Crippen LogP contribution is 2.34. The minimum absolute atomic E-state index is 0.0214. The van der Waals surface area contributed by atoms with Gasteiger partial charge in [0.2, 0.25) is 0 Å². The van der Waals surface area contributed by atoms with Crippen LogP contribution in [0.2, 0.25) is 0 Å². The third-order valence-electron chi connectivity index (χ3n) is 5.07. The number of rotatable bonds is 7. The maximum absolute atomic E-state index is 13.0. The molecule has 3 aromatic carbocycles. The van der Waals surface area contributed by atoms with E-state index in [0.29, 0.717) is 33.8 Å². The van der Waals surface area contributed by atoms with Gasteiger partial charge in [-0.3, -0.25) is 14.9 Å². The van der Waals surface area contributed by atoms with Gasteiger partial charge in [0.25, 0.3) is 11.2 Å². The third kappa shape index (κ3) is 5.51. The van der Waals surface area contributed by atoms with Crippen LogP contribution in [0.5, 0.6) is 11.5 Å². The van der Waals surface area contributed by atoms with E-state index in [1.807, 2.05) is 12.1 Å². The summed E-state index contributed by atoms with van der Waals surface area (Å²) in [6.45, 7) is 1.93. The molecule has 0 radical (unpaired) electrons. The first-order valence-electron chi connectivity index (χ1n) is 10.2. The molecule has 0 fully saturated rings. The molecule has 4 aromatic rings. The normalized spacial score (nSPS) is 11.2. The van der Waals surface area contributed by atoms with Crippen LogP contribution < -0.4 is 15.0 Å². The van der Waals surface area contributed by atoms with Crippen LogP contribution in [-0.4, -0.2) is 27.9 Å². The van der Waals surface area contributed by atoms with Gasteiger partial charge in [0.05, 0.1) is 32.7 Å². The van der Waals surface area contributed by atoms with Crippen LogP contribution in [0, 0.1) is 20.6 Å². The largest absolute Gasteiger partial charge is 0.493 e. The minimum atomic E-state index is -0.445. The van der Waals surface area contributed by atoms with Crippen molar-refractivity contribution in [2.24, 2.45) is 5.10 Å². The van der Waals surface area contributed by atoms with E-state index in [1.165, 1.54) is 23.9 Å². The van der Waals surface area contributed by atoms with Gasteiger partial charge in [-0.1, -0.05) is 15.9 Å². The Kier molecular flexibility index (Phi) is 7.45. The average Bonchev–Trinajstić information content (AvgIpc) is 2.83. The van der Waals surface area contributed by atoms with Crippen LogP contribution in [0.3, 0.4) is 0 Å². The number of aromatic nitrogens is 2. The van der Waals surface area contributed by atoms with Crippen molar-refractivity contribution in [3.05, 3.63) is 100 Å². The molecule has 0 saturated carbocycles. The smallest absolute Gasteiger partial charge is 0.282 e. The van der Waals surface area contributed by atoms with Crippen molar-refractivity contribution in [3.8, 4) is 11.5 Å². The van der Waals surface area contributed by atoms with Crippen LogP contribution >= 0.6 is 38.5 Å². The topological polar surface area (TPSA) is 109 Å². The van der Waals surface area contributed by atoms with Crippen molar-refractivity contribution in [1.82, 2.24) is 9.66 Å². The van der Waals surface area contributed by atoms with Gasteiger partial charge in [-0.05, 0) is 83.1 Å². The molecule has 1 heterocycles. The van der Waals surface area contributed by atoms with E-state index in [9.17, 15) is 14.9 Å². The van der Waals surface area contributed by atoms with Gasteiger partial charge in [-0.15, -0.1) is 0 Å². The van der Waals surface area contributed by atoms with Gasteiger partial charge < -0.3 is 9.47 Å². The van der Waals surface area contributed by atoms with Gasteiger partial charge in [-0.25, -0.2) is 4.98 Å². The molecule has 0 aliphatic heterocycles. The van der Waals surface area contributed by atoms with Crippen molar-refractivity contribution in [2.45, 2.75) is 13.5 Å². The number of nitrogens with zero attached hydrogens (tertiary/aromatic N) is 4. The van der Waals surface area contributed by atoms with Gasteiger partial charge in [0.15, 0.2) is 11.5 Å². The first-order chi connectivity index (χ1) is 16.8. The summed E-state index contributed by atoms with van der Waals surface area (Å²) in [5, 5.41) is 15.7. The Labute approximate surface area is 221 Å². The molecule has 4 rings (SSSR count). The van der Waals surface area contributed by atoms with Crippen molar-refractivity contribution in [2.75, 3.05) is 7.11 Å². The number of benzene rings is 3. The average molecular weight is 649 g/mol. The fraction of sp³-hybridized carbons (Fsp3) is 0.125. The molecule has 0 unspecified atom stereocenters. The number of halogens is 2. The van der Waals surface area contributed by atoms with E-state index in [2.05, 4.69) is 48.6 Å². The van der Waals surface area contributed by atoms with Crippen LogP contribution in [0.25, 0.3) is 10.9 Å². The van der Waals surface area contributed by atoms with Gasteiger partial charge >= 0.3 is 0 Å². The third-order valence-corrected chi connectivity index (χ3v) is 6.37. The second-order valence-electron chi connectivity index (χ2n) is 7.43. The highest BCUT2D eigenvalue weighted by Gasteiger charge is 2.13. The zero-order valence-corrected chi connectivity index (χ0v) is 22.3. The van der Waals surface area contributed by atoms with Crippen molar-refractivity contribution in [1.29, 1.82) is 0 Å². The van der Waals surface area contributed by atoms with Crippen molar-refractivity contribution in [3.63, 3.8) is 0 Å². The van der Waals surface area contributed by atoms with Crippen molar-refractivity contribution < 1.29 is 14.4 Å². The monoisotopic (exact) mass is 648 g/mol. The first-order valence-corrected chi connectivity index (χ1v) is 12.1. The molecule has 0 bridgehead atoms. The van der Waals surface area contributed by atoms with Crippen LogP contribution in [0.15, 0.2) is 69.0 Å². The van der Waals surface area contributed by atoms with E-state index >= 15 is 0 Å². The standard InChI is InChI=1S/C24H18BrIN4O5/c1-14-28-21-8-5-17(25)11-19(21)24(31)29(14)27-12-16-9-20(26)23(22(10-16)34-2)35-13-15-3-6-18(7-4-15)30(32)33/h3-12H,13H2,1-2H3. The number of ether oxygens (including phenoxy) is 2. The van der Waals surface area contributed by atoms with Gasteiger partial charge in [0.1, 0.15) is 12.4 Å². The minimum Gasteiger partial charge on any atom is -0.493 e. The summed E-state index contributed by atoms with van der Waals surface area (Å²) >= 11 is 5.52. The summed E-state index contributed by atoms with van der Waals surface area (Å²) in [7, 11) is 1.53. The van der Waals surface area contributed by atoms with E-state index in [0.717, 1.165) is 13.6 Å². The van der Waals surface area contributed by atoms with Gasteiger partial charge in [-0.2, -0.15) is 9.78 Å². The Balaban J connectivity index is 1.60. The second kappa shape index (κ2) is 10.5. The highest BCUT2D eigenvalue weighted by molar-refractivity contribution is 14.1. The Morgan fingerprint density at radius 3 is 2.63 bits per heavy atom. The molecule has 178 valence electrons. The maximum Gasteiger partial charge on any atom is 0.282 e. The van der Waals surface area contributed by atoms with Crippen molar-refractivity contribution >= 4 is 61.3 Å². The maximum atomic E-state index is 13.0. The number of aryl methyl sites for hydroxylation is 1. The molecule has 35 heavy (non-hydrogen) atoms. The molecule has 9 nitrogen and oxygen atoms in total. The van der Waals surface area contributed by atoms with Crippen LogP contribution in [0.1, 0.15) is 17.0 Å². The number of fused-ring (bicyclic) bond motifs is 1. The molecule has 0 spiro atoms. The molecular formula is C24H18BrIN4O5. The summed E-state index contributed by atoms with van der Waals surface area (Å²) in [5.41, 5.74) is 1.84. The number of nitro groups is 1. The molecule has 11 heteroatoms. The lowest BCUT2D eigenvalue weighted by Crippen LogP contribution is -2.20. The first kappa shape index (κ1) is 24.8. The molecule has 0 saturated heterocycles. The zero-order chi connectivity index (χ0) is 25.1. The number of hydrogen-bond acceptors (Lipinski definition) is 7. The second-order valence-corrected chi connectivity index (χ2v) is 9.51. The Bertz CT molecular complexity index is 1520. The summed E-state index contributed by atoms with van der Waals surface area (Å²) in [4.78, 5) is 27.8. The van der Waals surface area contributed by atoms with E-state index < -0.39 is 4.92 Å². The van der Waals surface area contributed by atoms with E-state index in [4.69, 9.17) is 9.47 Å². The summed E-state index contributed by atoms with van der Waals surface area (Å²) in [5.74, 6) is 1.49. The van der Waals surface area contributed by atoms with E-state index in [-0.39, 0.29) is 17.9 Å². The van der Waals surface area contributed by atoms with Crippen LogP contribution in [-0.2, 0) is 6.61 Å². The van der Waals surface area contributed by atoms with E-state index in [1.54, 1.807) is 43.5 Å². The summed E-state index contributed by atoms with van der Waals surface area (Å²) in [6, 6.07) is 15.1. The lowest BCUT2D eigenvalue weighted by molar-refractivity contribution is -0.384. The highest BCUT2D eigenvalue weighted by atomic mass is 127. The lowest BCUT2D eigenvalue weighted by Gasteiger charge is -2.13. The Morgan fingerprint density at radius 1 is 1.20 bits per heavy atom.